The number of benzene rings is 2. The maximum Gasteiger partial charge on any atom is 0.142 e. The molecule has 19 heavy (non-hydrogen) atoms. The van der Waals surface area contributed by atoms with Gasteiger partial charge in [0, 0.05) is 0 Å². The Morgan fingerprint density at radius 3 is 2.79 bits per heavy atom. The highest BCUT2D eigenvalue weighted by molar-refractivity contribution is 5.58. The van der Waals surface area contributed by atoms with E-state index in [4.69, 9.17) is 4.74 Å². The largest absolute Gasteiger partial charge is 0.492 e. The summed E-state index contributed by atoms with van der Waals surface area (Å²) in [6, 6.07) is 17.3. The number of anilines is 1. The first-order chi connectivity index (χ1) is 9.38. The molecule has 1 atom stereocenters. The van der Waals surface area contributed by atoms with Crippen molar-refractivity contribution in [2.75, 3.05) is 11.9 Å². The van der Waals surface area contributed by atoms with Crippen molar-refractivity contribution in [2.24, 2.45) is 0 Å². The van der Waals surface area contributed by atoms with E-state index >= 15 is 0 Å². The molecule has 0 heterocycles. The van der Waals surface area contributed by atoms with E-state index < -0.39 is 0 Å². The summed E-state index contributed by atoms with van der Waals surface area (Å²) in [7, 11) is 0. The molecule has 2 aromatic rings. The van der Waals surface area contributed by atoms with Crippen LogP contribution in [0.15, 0.2) is 48.5 Å². The van der Waals surface area contributed by atoms with Gasteiger partial charge in [0.1, 0.15) is 5.75 Å². The lowest BCUT2D eigenvalue weighted by Gasteiger charge is -2.18. The normalized spacial score (nSPS) is 17.0. The second kappa shape index (κ2) is 5.35. The van der Waals surface area contributed by atoms with Crippen molar-refractivity contribution in [3.63, 3.8) is 0 Å². The third-order valence-electron chi connectivity index (χ3n) is 3.65. The summed E-state index contributed by atoms with van der Waals surface area (Å²) in [5.41, 5.74) is 3.98. The van der Waals surface area contributed by atoms with Crippen molar-refractivity contribution in [1.82, 2.24) is 0 Å². The van der Waals surface area contributed by atoms with Crippen LogP contribution in [0.1, 0.15) is 30.5 Å². The van der Waals surface area contributed by atoms with Crippen LogP contribution in [0.5, 0.6) is 5.75 Å². The summed E-state index contributed by atoms with van der Waals surface area (Å²) in [5.74, 6) is 0.939. The Kier molecular flexibility index (Phi) is 3.41. The molecule has 0 saturated carbocycles. The molecule has 2 heteroatoms. The van der Waals surface area contributed by atoms with Gasteiger partial charge in [0.25, 0.3) is 0 Å². The SMILES string of the molecule is CCOc1ccccc1NC1CCc2ccccc21. The molecule has 0 aliphatic heterocycles. The smallest absolute Gasteiger partial charge is 0.142 e. The summed E-state index contributed by atoms with van der Waals surface area (Å²) in [5, 5.41) is 3.63. The molecule has 0 fully saturated rings. The van der Waals surface area contributed by atoms with Gasteiger partial charge in [0.15, 0.2) is 0 Å². The molecule has 0 aromatic heterocycles. The standard InChI is InChI=1S/C17H19NO/c1-2-19-17-10-6-5-9-16(17)18-15-12-11-13-7-3-4-8-14(13)15/h3-10,15,18H,2,11-12H2,1H3. The molecule has 0 spiro atoms. The molecule has 1 N–H and O–H groups in total. The topological polar surface area (TPSA) is 21.3 Å². The number of aryl methyl sites for hydroxylation is 1. The van der Waals surface area contributed by atoms with E-state index in [0.717, 1.165) is 24.3 Å². The van der Waals surface area contributed by atoms with Gasteiger partial charge in [-0.15, -0.1) is 0 Å². The highest BCUT2D eigenvalue weighted by Crippen LogP contribution is 2.36. The minimum atomic E-state index is 0.401. The van der Waals surface area contributed by atoms with Crippen LogP contribution in [0.25, 0.3) is 0 Å². The van der Waals surface area contributed by atoms with Crippen molar-refractivity contribution in [1.29, 1.82) is 0 Å². The van der Waals surface area contributed by atoms with E-state index in [1.807, 2.05) is 25.1 Å². The van der Waals surface area contributed by atoms with Crippen LogP contribution >= 0.6 is 0 Å². The fourth-order valence-corrected chi connectivity index (χ4v) is 2.76. The van der Waals surface area contributed by atoms with Gasteiger partial charge in [-0.05, 0) is 43.0 Å². The molecule has 0 radical (unpaired) electrons. The fourth-order valence-electron chi connectivity index (χ4n) is 2.76. The van der Waals surface area contributed by atoms with Crippen LogP contribution < -0.4 is 10.1 Å². The maximum absolute atomic E-state index is 5.67. The molecule has 3 rings (SSSR count). The minimum absolute atomic E-state index is 0.401. The third-order valence-corrected chi connectivity index (χ3v) is 3.65. The number of rotatable bonds is 4. The average molecular weight is 253 g/mol. The zero-order valence-corrected chi connectivity index (χ0v) is 11.2. The molecule has 1 aliphatic carbocycles. The molecule has 1 aliphatic rings. The Morgan fingerprint density at radius 1 is 1.11 bits per heavy atom. The lowest BCUT2D eigenvalue weighted by molar-refractivity contribution is 0.341. The second-order valence-corrected chi connectivity index (χ2v) is 4.86. The lowest BCUT2D eigenvalue weighted by Crippen LogP contribution is -2.08. The second-order valence-electron chi connectivity index (χ2n) is 4.86. The predicted molar refractivity (Wildman–Crippen MR) is 78.7 cm³/mol. The van der Waals surface area contributed by atoms with Gasteiger partial charge in [0.05, 0.1) is 18.3 Å². The fraction of sp³-hybridized carbons (Fsp3) is 0.294. The molecular weight excluding hydrogens is 234 g/mol. The Hall–Kier alpha value is -1.96. The summed E-state index contributed by atoms with van der Waals surface area (Å²) in [6.45, 7) is 2.71. The molecule has 0 amide bonds. The number of para-hydroxylation sites is 2. The van der Waals surface area contributed by atoms with Crippen LogP contribution in [-0.4, -0.2) is 6.61 Å². The van der Waals surface area contributed by atoms with Crippen LogP contribution in [0.4, 0.5) is 5.69 Å². The van der Waals surface area contributed by atoms with Gasteiger partial charge in [0.2, 0.25) is 0 Å². The van der Waals surface area contributed by atoms with E-state index in [-0.39, 0.29) is 0 Å². The Morgan fingerprint density at radius 2 is 1.89 bits per heavy atom. The average Bonchev–Trinajstić information content (AvgIpc) is 2.85. The summed E-state index contributed by atoms with van der Waals surface area (Å²) in [6.07, 6.45) is 2.31. The number of hydrogen-bond acceptors (Lipinski definition) is 2. The molecule has 0 bridgehead atoms. The Balaban J connectivity index is 1.83. The zero-order chi connectivity index (χ0) is 13.1. The Bertz CT molecular complexity index is 565. The minimum Gasteiger partial charge on any atom is -0.492 e. The van der Waals surface area contributed by atoms with E-state index in [2.05, 4.69) is 35.6 Å². The van der Waals surface area contributed by atoms with E-state index in [1.165, 1.54) is 11.1 Å². The van der Waals surface area contributed by atoms with Crippen LogP contribution in [-0.2, 0) is 6.42 Å². The predicted octanol–water partition coefficient (Wildman–Crippen LogP) is 4.18. The highest BCUT2D eigenvalue weighted by atomic mass is 16.5. The van der Waals surface area contributed by atoms with Crippen LogP contribution in [0.3, 0.4) is 0 Å². The monoisotopic (exact) mass is 253 g/mol. The zero-order valence-electron chi connectivity index (χ0n) is 11.2. The number of fused-ring (bicyclic) bond motifs is 1. The van der Waals surface area contributed by atoms with Crippen molar-refractivity contribution in [3.05, 3.63) is 59.7 Å². The number of ether oxygens (including phenoxy) is 1. The quantitative estimate of drug-likeness (QED) is 0.882. The van der Waals surface area contributed by atoms with Gasteiger partial charge in [-0.3, -0.25) is 0 Å². The van der Waals surface area contributed by atoms with Crippen molar-refractivity contribution >= 4 is 5.69 Å². The third kappa shape index (κ3) is 2.43. The molecule has 0 saturated heterocycles. The van der Waals surface area contributed by atoms with Crippen LogP contribution in [0.2, 0.25) is 0 Å². The summed E-state index contributed by atoms with van der Waals surface area (Å²) >= 11 is 0. The van der Waals surface area contributed by atoms with Gasteiger partial charge >= 0.3 is 0 Å². The summed E-state index contributed by atoms with van der Waals surface area (Å²) < 4.78 is 5.67. The number of hydrogen-bond donors (Lipinski definition) is 1. The van der Waals surface area contributed by atoms with Crippen molar-refractivity contribution < 1.29 is 4.74 Å². The first-order valence-electron chi connectivity index (χ1n) is 6.94. The van der Waals surface area contributed by atoms with Gasteiger partial charge in [-0.2, -0.15) is 0 Å². The van der Waals surface area contributed by atoms with Crippen LogP contribution in [0, 0.1) is 0 Å². The van der Waals surface area contributed by atoms with E-state index in [0.29, 0.717) is 12.6 Å². The van der Waals surface area contributed by atoms with Crippen molar-refractivity contribution in [2.45, 2.75) is 25.8 Å². The lowest BCUT2D eigenvalue weighted by atomic mass is 10.1. The van der Waals surface area contributed by atoms with E-state index in [1.54, 1.807) is 0 Å². The molecule has 2 nitrogen and oxygen atoms in total. The van der Waals surface area contributed by atoms with Gasteiger partial charge < -0.3 is 10.1 Å². The summed E-state index contributed by atoms with van der Waals surface area (Å²) in [4.78, 5) is 0. The maximum atomic E-state index is 5.67. The Labute approximate surface area is 114 Å². The first-order valence-corrected chi connectivity index (χ1v) is 6.94. The van der Waals surface area contributed by atoms with E-state index in [9.17, 15) is 0 Å². The molecular formula is C17H19NO. The molecule has 2 aromatic carbocycles. The van der Waals surface area contributed by atoms with Crippen molar-refractivity contribution in [3.8, 4) is 5.75 Å². The van der Waals surface area contributed by atoms with Gasteiger partial charge in [-0.1, -0.05) is 36.4 Å². The number of nitrogens with one attached hydrogen (secondary N) is 1. The molecule has 1 unspecified atom stereocenters. The highest BCUT2D eigenvalue weighted by Gasteiger charge is 2.22. The molecule has 98 valence electrons. The van der Waals surface area contributed by atoms with Gasteiger partial charge in [-0.25, -0.2) is 0 Å². The first kappa shape index (κ1) is 12.1.